The first-order chi connectivity index (χ1) is 6.84. The molecule has 0 spiro atoms. The average Bonchev–Trinajstić information content (AvgIpc) is 2.63. The molecule has 1 saturated heterocycles. The highest BCUT2D eigenvalue weighted by Gasteiger charge is 2.22. The molecule has 0 aliphatic carbocycles. The Morgan fingerprint density at radius 1 is 1.36 bits per heavy atom. The van der Waals surface area contributed by atoms with Crippen LogP contribution in [0.25, 0.3) is 0 Å². The van der Waals surface area contributed by atoms with E-state index in [0.29, 0.717) is 11.9 Å². The van der Waals surface area contributed by atoms with Crippen LogP contribution in [0.1, 0.15) is 6.42 Å². The van der Waals surface area contributed by atoms with Crippen LogP contribution in [0.5, 0.6) is 5.75 Å². The van der Waals surface area contributed by atoms with E-state index in [1.165, 1.54) is 0 Å². The third-order valence-corrected chi connectivity index (χ3v) is 2.60. The van der Waals surface area contributed by atoms with Crippen LogP contribution in [0, 0.1) is 0 Å². The van der Waals surface area contributed by atoms with Crippen molar-refractivity contribution >= 4 is 12.6 Å². The van der Waals surface area contributed by atoms with Crippen molar-refractivity contribution in [3.63, 3.8) is 0 Å². The molecule has 0 aromatic heterocycles. The van der Waals surface area contributed by atoms with Gasteiger partial charge in [0.1, 0.15) is 12.4 Å². The molecule has 1 aliphatic heterocycles. The first-order valence-electron chi connectivity index (χ1n) is 4.82. The van der Waals surface area contributed by atoms with Crippen LogP contribution in [0.4, 0.5) is 0 Å². The van der Waals surface area contributed by atoms with Crippen LogP contribution in [-0.2, 0) is 4.74 Å². The molecule has 0 saturated carbocycles. The second-order valence-corrected chi connectivity index (χ2v) is 4.20. The molecule has 2 atom stereocenters. The zero-order chi connectivity index (χ0) is 9.80. The summed E-state index contributed by atoms with van der Waals surface area (Å²) in [5.74, 6) is 0.902. The molecule has 1 heterocycles. The van der Waals surface area contributed by atoms with E-state index in [2.05, 4.69) is 12.6 Å². The summed E-state index contributed by atoms with van der Waals surface area (Å²) in [6, 6.07) is 9.81. The molecule has 14 heavy (non-hydrogen) atoms. The van der Waals surface area contributed by atoms with Crippen LogP contribution in [-0.4, -0.2) is 24.6 Å². The number of rotatable bonds is 3. The lowest BCUT2D eigenvalue weighted by molar-refractivity contribution is 0.0682. The Morgan fingerprint density at radius 2 is 2.14 bits per heavy atom. The van der Waals surface area contributed by atoms with Crippen molar-refractivity contribution in [1.82, 2.24) is 0 Å². The lowest BCUT2D eigenvalue weighted by atomic mass is 10.2. The van der Waals surface area contributed by atoms with E-state index in [9.17, 15) is 0 Å². The molecule has 1 aliphatic rings. The van der Waals surface area contributed by atoms with E-state index in [1.807, 2.05) is 30.3 Å². The van der Waals surface area contributed by atoms with Crippen molar-refractivity contribution in [3.05, 3.63) is 30.3 Å². The second-order valence-electron chi connectivity index (χ2n) is 3.47. The highest BCUT2D eigenvalue weighted by Crippen LogP contribution is 2.19. The summed E-state index contributed by atoms with van der Waals surface area (Å²) >= 11 is 4.35. The minimum atomic E-state index is 0.206. The smallest absolute Gasteiger partial charge is 0.119 e. The Labute approximate surface area is 89.6 Å². The van der Waals surface area contributed by atoms with Gasteiger partial charge in [0.05, 0.1) is 12.7 Å². The number of thiol groups is 1. The van der Waals surface area contributed by atoms with Crippen LogP contribution < -0.4 is 4.74 Å². The maximum atomic E-state index is 5.58. The third kappa shape index (κ3) is 2.66. The monoisotopic (exact) mass is 210 g/mol. The number of hydrogen-bond acceptors (Lipinski definition) is 3. The van der Waals surface area contributed by atoms with Crippen LogP contribution >= 0.6 is 12.6 Å². The maximum Gasteiger partial charge on any atom is 0.119 e. The van der Waals surface area contributed by atoms with Gasteiger partial charge in [0.15, 0.2) is 0 Å². The molecule has 0 N–H and O–H groups in total. The molecule has 1 aromatic rings. The summed E-state index contributed by atoms with van der Waals surface area (Å²) in [5.41, 5.74) is 0. The van der Waals surface area contributed by atoms with E-state index >= 15 is 0 Å². The Morgan fingerprint density at radius 3 is 2.79 bits per heavy atom. The minimum Gasteiger partial charge on any atom is -0.491 e. The van der Waals surface area contributed by atoms with Gasteiger partial charge in [-0.25, -0.2) is 0 Å². The number of ether oxygens (including phenoxy) is 2. The van der Waals surface area contributed by atoms with Crippen LogP contribution in [0.2, 0.25) is 0 Å². The highest BCUT2D eigenvalue weighted by molar-refractivity contribution is 7.81. The van der Waals surface area contributed by atoms with Crippen molar-refractivity contribution in [2.45, 2.75) is 17.8 Å². The van der Waals surface area contributed by atoms with Crippen molar-refractivity contribution in [1.29, 1.82) is 0 Å². The number of para-hydroxylation sites is 1. The summed E-state index contributed by atoms with van der Waals surface area (Å²) in [4.78, 5) is 0. The van der Waals surface area contributed by atoms with Gasteiger partial charge >= 0.3 is 0 Å². The van der Waals surface area contributed by atoms with Gasteiger partial charge < -0.3 is 9.47 Å². The fourth-order valence-electron chi connectivity index (χ4n) is 1.51. The molecular formula is C11H14O2S. The Hall–Kier alpha value is -0.670. The van der Waals surface area contributed by atoms with Crippen molar-refractivity contribution in [3.8, 4) is 5.75 Å². The molecule has 0 amide bonds. The highest BCUT2D eigenvalue weighted by atomic mass is 32.1. The van der Waals surface area contributed by atoms with Gasteiger partial charge in [0.2, 0.25) is 0 Å². The van der Waals surface area contributed by atoms with Gasteiger partial charge in [-0.1, -0.05) is 18.2 Å². The van der Waals surface area contributed by atoms with Gasteiger partial charge in [-0.2, -0.15) is 12.6 Å². The quantitative estimate of drug-likeness (QED) is 0.771. The summed E-state index contributed by atoms with van der Waals surface area (Å²) in [6.07, 6.45) is 1.19. The Kier molecular flexibility index (Phi) is 3.32. The standard InChI is InChI=1S/C11H14O2S/c14-11-6-10(13-8-11)7-12-9-4-2-1-3-5-9/h1-5,10-11,14H,6-8H2/t10-,11+/m0/s1. The lowest BCUT2D eigenvalue weighted by Crippen LogP contribution is -2.16. The van der Waals surface area contributed by atoms with Crippen LogP contribution in [0.15, 0.2) is 30.3 Å². The topological polar surface area (TPSA) is 18.5 Å². The normalized spacial score (nSPS) is 26.4. The molecule has 0 radical (unpaired) electrons. The van der Waals surface area contributed by atoms with E-state index < -0.39 is 0 Å². The largest absolute Gasteiger partial charge is 0.491 e. The second kappa shape index (κ2) is 4.71. The van der Waals surface area contributed by atoms with Gasteiger partial charge in [-0.05, 0) is 18.6 Å². The maximum absolute atomic E-state index is 5.58. The van der Waals surface area contributed by atoms with Crippen molar-refractivity contribution < 1.29 is 9.47 Å². The van der Waals surface area contributed by atoms with Crippen LogP contribution in [0.3, 0.4) is 0 Å². The van der Waals surface area contributed by atoms with E-state index in [4.69, 9.17) is 9.47 Å². The zero-order valence-corrected chi connectivity index (χ0v) is 8.82. The van der Waals surface area contributed by atoms with E-state index in [0.717, 1.165) is 18.8 Å². The Balaban J connectivity index is 1.78. The summed E-state index contributed by atoms with van der Waals surface area (Å²) < 4.78 is 11.1. The zero-order valence-electron chi connectivity index (χ0n) is 7.93. The predicted octanol–water partition coefficient (Wildman–Crippen LogP) is 2.15. The fraction of sp³-hybridized carbons (Fsp3) is 0.455. The van der Waals surface area contributed by atoms with Gasteiger partial charge in [-0.3, -0.25) is 0 Å². The SMILES string of the molecule is S[C@H]1CO[C@H](COc2ccccc2)C1. The molecule has 2 rings (SSSR count). The molecule has 0 bridgehead atoms. The molecular weight excluding hydrogens is 196 g/mol. The minimum absolute atomic E-state index is 0.206. The predicted molar refractivity (Wildman–Crippen MR) is 59.1 cm³/mol. The lowest BCUT2D eigenvalue weighted by Gasteiger charge is -2.10. The van der Waals surface area contributed by atoms with E-state index in [1.54, 1.807) is 0 Å². The Bertz CT molecular complexity index is 276. The molecule has 76 valence electrons. The first-order valence-corrected chi connectivity index (χ1v) is 5.34. The average molecular weight is 210 g/mol. The molecule has 1 aromatic carbocycles. The van der Waals surface area contributed by atoms with Crippen molar-refractivity contribution in [2.24, 2.45) is 0 Å². The molecule has 0 unspecified atom stereocenters. The summed E-state index contributed by atoms with van der Waals surface area (Å²) in [7, 11) is 0. The molecule has 2 nitrogen and oxygen atoms in total. The number of benzene rings is 1. The van der Waals surface area contributed by atoms with Crippen molar-refractivity contribution in [2.75, 3.05) is 13.2 Å². The summed E-state index contributed by atoms with van der Waals surface area (Å²) in [6.45, 7) is 1.37. The van der Waals surface area contributed by atoms with E-state index in [-0.39, 0.29) is 6.10 Å². The van der Waals surface area contributed by atoms with Gasteiger partial charge in [0.25, 0.3) is 0 Å². The molecule has 3 heteroatoms. The molecule has 1 fully saturated rings. The first kappa shape index (κ1) is 9.87. The fourth-order valence-corrected chi connectivity index (χ4v) is 1.83. The summed E-state index contributed by atoms with van der Waals surface area (Å²) in [5, 5.41) is 0.374. The van der Waals surface area contributed by atoms with Gasteiger partial charge in [0, 0.05) is 5.25 Å². The third-order valence-electron chi connectivity index (χ3n) is 2.24. The number of hydrogen-bond donors (Lipinski definition) is 1. The van der Waals surface area contributed by atoms with Gasteiger partial charge in [-0.15, -0.1) is 0 Å².